The molecule has 2 atom stereocenters. The lowest BCUT2D eigenvalue weighted by Crippen LogP contribution is -2.43. The number of nitrogens with two attached hydrogens (primary N) is 2. The zero-order valence-electron chi connectivity index (χ0n) is 15.6. The first-order chi connectivity index (χ1) is 13.3. The number of aliphatic hydroxyl groups excluding tert-OH is 1. The van der Waals surface area contributed by atoms with Crippen LogP contribution >= 0.6 is 0 Å². The van der Waals surface area contributed by atoms with Gasteiger partial charge in [-0.15, -0.1) is 0 Å². The Morgan fingerprint density at radius 3 is 2.46 bits per heavy atom. The molecule has 1 fully saturated rings. The largest absolute Gasteiger partial charge is 0.374 e. The van der Waals surface area contributed by atoms with Gasteiger partial charge in [-0.05, 0) is 43.7 Å². The number of halogens is 3. The van der Waals surface area contributed by atoms with E-state index in [0.717, 1.165) is 6.07 Å². The first-order valence-electron chi connectivity index (χ1n) is 9.16. The molecule has 6 nitrogen and oxygen atoms in total. The summed E-state index contributed by atoms with van der Waals surface area (Å²) in [6.45, 7) is 2.93. The van der Waals surface area contributed by atoms with Crippen molar-refractivity contribution in [3.63, 3.8) is 0 Å². The van der Waals surface area contributed by atoms with Crippen molar-refractivity contribution in [2.45, 2.75) is 38.5 Å². The van der Waals surface area contributed by atoms with Gasteiger partial charge in [0.1, 0.15) is 12.0 Å². The molecular formula is C19H24F3N5O. The summed E-state index contributed by atoms with van der Waals surface area (Å²) in [5, 5.41) is 10.6. The molecule has 0 aliphatic carbocycles. The maximum Gasteiger partial charge on any atom is 0.220 e. The second-order valence-electron chi connectivity index (χ2n) is 7.24. The maximum atomic E-state index is 13.9. The smallest absolute Gasteiger partial charge is 0.220 e. The van der Waals surface area contributed by atoms with Crippen LogP contribution < -0.4 is 11.5 Å². The number of nitrogens with zero attached hydrogens (tertiary/aromatic N) is 3. The second kappa shape index (κ2) is 8.42. The van der Waals surface area contributed by atoms with E-state index in [1.807, 2.05) is 4.90 Å². The number of anilines is 1. The van der Waals surface area contributed by atoms with Crippen LogP contribution in [0, 0.1) is 30.3 Å². The number of aryl methyl sites for hydroxylation is 1. The molecule has 0 amide bonds. The van der Waals surface area contributed by atoms with E-state index in [2.05, 4.69) is 9.97 Å². The molecule has 28 heavy (non-hydrogen) atoms. The Balaban J connectivity index is 1.59. The molecule has 2 aromatic rings. The van der Waals surface area contributed by atoms with Gasteiger partial charge in [0.2, 0.25) is 5.95 Å². The number of piperidine rings is 1. The summed E-state index contributed by atoms with van der Waals surface area (Å²) in [5.74, 6) is -2.84. The number of aliphatic hydroxyl groups is 1. The average Bonchev–Trinajstić information content (AvgIpc) is 2.65. The first-order valence-corrected chi connectivity index (χ1v) is 9.16. The van der Waals surface area contributed by atoms with Crippen LogP contribution in [0.5, 0.6) is 0 Å². The molecule has 3 rings (SSSR count). The quantitative estimate of drug-likeness (QED) is 0.670. The van der Waals surface area contributed by atoms with Gasteiger partial charge in [-0.2, -0.15) is 0 Å². The van der Waals surface area contributed by atoms with Crippen molar-refractivity contribution in [3.05, 3.63) is 52.6 Å². The minimum absolute atomic E-state index is 0.0727. The lowest BCUT2D eigenvalue weighted by atomic mass is 9.86. The Labute approximate surface area is 161 Å². The summed E-state index contributed by atoms with van der Waals surface area (Å²) >= 11 is 0. The Hall–Kier alpha value is -2.23. The zero-order chi connectivity index (χ0) is 20.4. The van der Waals surface area contributed by atoms with Gasteiger partial charge >= 0.3 is 0 Å². The lowest BCUT2D eigenvalue weighted by molar-refractivity contribution is -0.0219. The maximum absolute atomic E-state index is 13.9. The highest BCUT2D eigenvalue weighted by Crippen LogP contribution is 2.28. The van der Waals surface area contributed by atoms with Gasteiger partial charge in [-0.1, -0.05) is 0 Å². The first kappa shape index (κ1) is 20.5. The van der Waals surface area contributed by atoms with Crippen LogP contribution in [-0.4, -0.2) is 39.1 Å². The van der Waals surface area contributed by atoms with E-state index in [9.17, 15) is 18.3 Å². The molecule has 1 aliphatic heterocycles. The van der Waals surface area contributed by atoms with Gasteiger partial charge in [0.25, 0.3) is 0 Å². The van der Waals surface area contributed by atoms with Gasteiger partial charge in [0, 0.05) is 37.0 Å². The molecule has 0 bridgehead atoms. The molecule has 0 saturated carbocycles. The van der Waals surface area contributed by atoms with Crippen molar-refractivity contribution in [2.75, 3.05) is 18.8 Å². The van der Waals surface area contributed by atoms with Crippen LogP contribution in [0.25, 0.3) is 0 Å². The summed E-state index contributed by atoms with van der Waals surface area (Å²) in [6.07, 6.45) is 2.19. The summed E-state index contributed by atoms with van der Waals surface area (Å²) in [5.41, 5.74) is 13.0. The van der Waals surface area contributed by atoms with Gasteiger partial charge in [0.05, 0.1) is 5.69 Å². The SMILES string of the molecule is Cc1nc(N)ncc1C(O)N1CCC([C@H](N)Cc2cc(F)c(F)cc2F)CC1. The van der Waals surface area contributed by atoms with E-state index in [-0.39, 0.29) is 29.9 Å². The number of hydrogen-bond donors (Lipinski definition) is 3. The van der Waals surface area contributed by atoms with Gasteiger partial charge < -0.3 is 16.6 Å². The number of rotatable bonds is 5. The Kier molecular flexibility index (Phi) is 6.17. The third-order valence-corrected chi connectivity index (χ3v) is 5.38. The van der Waals surface area contributed by atoms with E-state index in [1.54, 1.807) is 6.92 Å². The molecule has 152 valence electrons. The van der Waals surface area contributed by atoms with Crippen molar-refractivity contribution < 1.29 is 18.3 Å². The van der Waals surface area contributed by atoms with Gasteiger partial charge in [-0.3, -0.25) is 4.90 Å². The molecule has 1 aromatic heterocycles. The molecule has 1 unspecified atom stereocenters. The molecule has 9 heteroatoms. The summed E-state index contributed by atoms with van der Waals surface area (Å²) in [4.78, 5) is 9.89. The minimum Gasteiger partial charge on any atom is -0.374 e. The molecule has 0 spiro atoms. The molecule has 2 heterocycles. The fraction of sp³-hybridized carbons (Fsp3) is 0.474. The van der Waals surface area contributed by atoms with E-state index in [1.165, 1.54) is 6.20 Å². The number of benzene rings is 1. The van der Waals surface area contributed by atoms with Crippen molar-refractivity contribution in [2.24, 2.45) is 11.7 Å². The van der Waals surface area contributed by atoms with Crippen LogP contribution in [0.2, 0.25) is 0 Å². The van der Waals surface area contributed by atoms with E-state index in [4.69, 9.17) is 11.5 Å². The number of aromatic nitrogens is 2. The van der Waals surface area contributed by atoms with Crippen LogP contribution in [0.3, 0.4) is 0 Å². The highest BCUT2D eigenvalue weighted by molar-refractivity contribution is 5.26. The van der Waals surface area contributed by atoms with E-state index >= 15 is 0 Å². The molecule has 5 N–H and O–H groups in total. The van der Waals surface area contributed by atoms with Crippen LogP contribution in [-0.2, 0) is 6.42 Å². The standard InChI is InChI=1S/C19H24F3N5O/c1-10-13(9-25-19(24)26-10)18(28)27-4-2-11(3-5-27)17(23)7-12-6-15(21)16(22)8-14(12)20/h6,8-9,11,17-18,28H,2-5,7,23H2,1H3,(H2,24,25,26)/t17-,18?/m1/s1. The third kappa shape index (κ3) is 4.43. The predicted molar refractivity (Wildman–Crippen MR) is 98.4 cm³/mol. The molecular weight excluding hydrogens is 371 g/mol. The van der Waals surface area contributed by atoms with E-state index in [0.29, 0.717) is 43.3 Å². The minimum atomic E-state index is -1.21. The third-order valence-electron chi connectivity index (χ3n) is 5.38. The van der Waals surface area contributed by atoms with Gasteiger partial charge in [0.15, 0.2) is 11.6 Å². The zero-order valence-corrected chi connectivity index (χ0v) is 15.6. The average molecular weight is 395 g/mol. The highest BCUT2D eigenvalue weighted by atomic mass is 19.2. The normalized spacial score (nSPS) is 18.2. The Morgan fingerprint density at radius 1 is 1.18 bits per heavy atom. The van der Waals surface area contributed by atoms with E-state index < -0.39 is 23.7 Å². The summed E-state index contributed by atoms with van der Waals surface area (Å²) in [7, 11) is 0. The number of likely N-dealkylation sites (tertiary alicyclic amines) is 1. The predicted octanol–water partition coefficient (Wildman–Crippen LogP) is 2.06. The van der Waals surface area contributed by atoms with Crippen molar-refractivity contribution in [1.29, 1.82) is 0 Å². The fourth-order valence-electron chi connectivity index (χ4n) is 3.68. The Morgan fingerprint density at radius 2 is 1.82 bits per heavy atom. The summed E-state index contributed by atoms with van der Waals surface area (Å²) < 4.78 is 40.3. The molecule has 1 aromatic carbocycles. The molecule has 1 saturated heterocycles. The van der Waals surface area contributed by atoms with Crippen LogP contribution in [0.15, 0.2) is 18.3 Å². The highest BCUT2D eigenvalue weighted by Gasteiger charge is 2.29. The summed E-state index contributed by atoms with van der Waals surface area (Å²) in [6, 6.07) is 1.03. The van der Waals surface area contributed by atoms with Crippen LogP contribution in [0.1, 0.15) is 35.9 Å². The van der Waals surface area contributed by atoms with Crippen LogP contribution in [0.4, 0.5) is 19.1 Å². The Bertz CT molecular complexity index is 843. The second-order valence-corrected chi connectivity index (χ2v) is 7.24. The number of hydrogen-bond acceptors (Lipinski definition) is 6. The topological polar surface area (TPSA) is 101 Å². The van der Waals surface area contributed by atoms with Gasteiger partial charge in [-0.25, -0.2) is 23.1 Å². The van der Waals surface area contributed by atoms with Crippen molar-refractivity contribution in [1.82, 2.24) is 14.9 Å². The molecule has 1 aliphatic rings. The van der Waals surface area contributed by atoms with Crippen molar-refractivity contribution in [3.8, 4) is 0 Å². The van der Waals surface area contributed by atoms with Crippen molar-refractivity contribution >= 4 is 5.95 Å². The number of nitrogen functional groups attached to an aromatic ring is 1. The molecule has 0 radical (unpaired) electrons. The monoisotopic (exact) mass is 395 g/mol. The lowest BCUT2D eigenvalue weighted by Gasteiger charge is -2.37. The fourth-order valence-corrected chi connectivity index (χ4v) is 3.68.